The standard InChI is InChI=1S/C15H20N2O3.2C9H11NO2S.C5H11N/c1-2-20-14(18)12-6-8-13(9-7-12)16-15(19)17-10-4-3-5-11-17;2*1-13(11,12)10-7-6-8-4-2-3-5-9(8)10;1-2-4-6-5-3-1/h6-9H,2-5,10-11H2,1H3,(H,16,19);2*2-5H,6-7H2,1H3;6H,1-5H2. The molecule has 0 radical (unpaired) electrons. The summed E-state index contributed by atoms with van der Waals surface area (Å²) < 4.78 is 53.1. The van der Waals surface area contributed by atoms with Gasteiger partial charge in [0.25, 0.3) is 0 Å². The number of hydrogen-bond donors (Lipinski definition) is 2. The van der Waals surface area contributed by atoms with Crippen molar-refractivity contribution in [3.8, 4) is 0 Å². The molecule has 3 aromatic rings. The van der Waals surface area contributed by atoms with Crippen molar-refractivity contribution >= 4 is 49.1 Å². The van der Waals surface area contributed by atoms with Crippen LogP contribution in [-0.4, -0.2) is 92.1 Å². The second-order valence-corrected chi connectivity index (χ2v) is 16.8. The predicted molar refractivity (Wildman–Crippen MR) is 208 cm³/mol. The van der Waals surface area contributed by atoms with E-state index in [0.717, 1.165) is 61.3 Å². The summed E-state index contributed by atoms with van der Waals surface area (Å²) in [4.78, 5) is 25.3. The molecule has 0 spiro atoms. The van der Waals surface area contributed by atoms with Gasteiger partial charge in [-0.1, -0.05) is 42.8 Å². The van der Waals surface area contributed by atoms with E-state index in [-0.39, 0.29) is 12.0 Å². The van der Waals surface area contributed by atoms with Crippen LogP contribution in [0.3, 0.4) is 0 Å². The first-order chi connectivity index (χ1) is 24.9. The molecule has 0 unspecified atom stereocenters. The number of urea groups is 1. The second kappa shape index (κ2) is 19.6. The average Bonchev–Trinajstić information content (AvgIpc) is 3.80. The first-order valence-corrected chi connectivity index (χ1v) is 21.7. The third-order valence-electron chi connectivity index (χ3n) is 8.99. The number of hydrogen-bond acceptors (Lipinski definition) is 8. The summed E-state index contributed by atoms with van der Waals surface area (Å²) >= 11 is 0. The van der Waals surface area contributed by atoms with Gasteiger partial charge in [-0.25, -0.2) is 26.4 Å². The highest BCUT2D eigenvalue weighted by molar-refractivity contribution is 7.92. The molecule has 3 aromatic carbocycles. The van der Waals surface area contributed by atoms with Crippen molar-refractivity contribution in [2.45, 2.75) is 58.3 Å². The van der Waals surface area contributed by atoms with E-state index in [1.165, 1.54) is 59.9 Å². The molecule has 0 aliphatic carbocycles. The van der Waals surface area contributed by atoms with Crippen molar-refractivity contribution < 1.29 is 31.2 Å². The number of fused-ring (bicyclic) bond motifs is 2. The number of piperidine rings is 2. The van der Waals surface area contributed by atoms with Gasteiger partial charge in [0.2, 0.25) is 20.0 Å². The van der Waals surface area contributed by atoms with Gasteiger partial charge in [-0.15, -0.1) is 0 Å². The van der Waals surface area contributed by atoms with Crippen molar-refractivity contribution in [3.63, 3.8) is 0 Å². The van der Waals surface area contributed by atoms with Crippen LogP contribution in [0.5, 0.6) is 0 Å². The SMILES string of the molecule is C1CCNCC1.CCOC(=O)c1ccc(NC(=O)N2CCCCC2)cc1.CS(=O)(=O)N1CCc2ccccc21.CS(=O)(=O)N1CCc2ccccc21. The Labute approximate surface area is 309 Å². The van der Waals surface area contributed by atoms with Crippen LogP contribution in [0.15, 0.2) is 72.8 Å². The Morgan fingerprint density at radius 1 is 0.673 bits per heavy atom. The van der Waals surface area contributed by atoms with Crippen LogP contribution in [0, 0.1) is 0 Å². The Morgan fingerprint density at radius 2 is 1.15 bits per heavy atom. The van der Waals surface area contributed by atoms with Gasteiger partial charge in [0, 0.05) is 31.9 Å². The third kappa shape index (κ3) is 12.2. The van der Waals surface area contributed by atoms with Gasteiger partial charge in [0.1, 0.15) is 0 Å². The lowest BCUT2D eigenvalue weighted by Gasteiger charge is -2.26. The molecule has 52 heavy (non-hydrogen) atoms. The minimum atomic E-state index is -3.08. The zero-order chi connectivity index (χ0) is 37.6. The minimum absolute atomic E-state index is 0.0754. The molecule has 2 fully saturated rings. The smallest absolute Gasteiger partial charge is 0.338 e. The summed E-state index contributed by atoms with van der Waals surface area (Å²) in [5.74, 6) is -0.346. The highest BCUT2D eigenvalue weighted by Crippen LogP contribution is 2.30. The molecule has 0 bridgehead atoms. The number of anilines is 3. The Morgan fingerprint density at radius 3 is 1.58 bits per heavy atom. The molecule has 2 saturated heterocycles. The van der Waals surface area contributed by atoms with Gasteiger partial charge in [0.15, 0.2) is 0 Å². The Kier molecular flexibility index (Phi) is 15.3. The topological polar surface area (TPSA) is 145 Å². The number of para-hydroxylation sites is 2. The molecule has 4 heterocycles. The van der Waals surface area contributed by atoms with E-state index < -0.39 is 20.0 Å². The molecule has 2 N–H and O–H groups in total. The van der Waals surface area contributed by atoms with E-state index in [2.05, 4.69) is 10.6 Å². The number of likely N-dealkylation sites (tertiary alicyclic amines) is 1. The molecule has 14 heteroatoms. The Bertz CT molecular complexity index is 1730. The number of carbonyl (C=O) groups excluding carboxylic acids is 2. The van der Waals surface area contributed by atoms with Crippen molar-refractivity contribution in [1.82, 2.24) is 10.2 Å². The molecule has 2 amide bonds. The van der Waals surface area contributed by atoms with Crippen molar-refractivity contribution in [2.75, 3.05) is 72.3 Å². The minimum Gasteiger partial charge on any atom is -0.462 e. The van der Waals surface area contributed by atoms with Crippen molar-refractivity contribution in [2.24, 2.45) is 0 Å². The van der Waals surface area contributed by atoms with Crippen LogP contribution < -0.4 is 19.2 Å². The van der Waals surface area contributed by atoms with E-state index in [0.29, 0.717) is 30.9 Å². The number of amides is 2. The molecule has 0 saturated carbocycles. The lowest BCUT2D eigenvalue weighted by atomic mass is 10.1. The van der Waals surface area contributed by atoms with Gasteiger partial charge < -0.3 is 20.3 Å². The fourth-order valence-corrected chi connectivity index (χ4v) is 8.23. The highest BCUT2D eigenvalue weighted by atomic mass is 32.2. The Balaban J connectivity index is 0.000000166. The van der Waals surface area contributed by atoms with E-state index in [1.807, 2.05) is 53.4 Å². The summed E-state index contributed by atoms with van der Waals surface area (Å²) in [7, 11) is -6.17. The molecule has 12 nitrogen and oxygen atoms in total. The molecule has 0 aromatic heterocycles. The van der Waals surface area contributed by atoms with Gasteiger partial charge in [-0.3, -0.25) is 8.61 Å². The van der Waals surface area contributed by atoms with E-state index in [1.54, 1.807) is 31.2 Å². The first-order valence-electron chi connectivity index (χ1n) is 18.0. The molecule has 0 atom stereocenters. The zero-order valence-corrected chi connectivity index (χ0v) is 32.2. The summed E-state index contributed by atoms with van der Waals surface area (Å²) in [6.07, 6.45) is 11.7. The van der Waals surface area contributed by atoms with Gasteiger partial charge in [-0.05, 0) is 112 Å². The van der Waals surface area contributed by atoms with Crippen molar-refractivity contribution in [1.29, 1.82) is 0 Å². The molecular weight excluding hydrogens is 703 g/mol. The third-order valence-corrected chi connectivity index (χ3v) is 11.3. The normalized spacial score (nSPS) is 16.4. The van der Waals surface area contributed by atoms with Crippen LogP contribution in [0.4, 0.5) is 21.9 Å². The lowest BCUT2D eigenvalue weighted by Crippen LogP contribution is -2.38. The van der Waals surface area contributed by atoms with Crippen LogP contribution in [-0.2, 0) is 37.6 Å². The second-order valence-electron chi connectivity index (χ2n) is 13.0. The predicted octanol–water partition coefficient (Wildman–Crippen LogP) is 5.66. The summed E-state index contributed by atoms with van der Waals surface area (Å²) in [5.41, 5.74) is 5.09. The number of ether oxygens (including phenoxy) is 1. The van der Waals surface area contributed by atoms with E-state index >= 15 is 0 Å². The number of carbonyl (C=O) groups is 2. The Hall–Kier alpha value is -4.14. The number of nitrogens with one attached hydrogen (secondary N) is 2. The van der Waals surface area contributed by atoms with Crippen LogP contribution >= 0.6 is 0 Å². The van der Waals surface area contributed by atoms with Crippen molar-refractivity contribution in [3.05, 3.63) is 89.5 Å². The summed E-state index contributed by atoms with van der Waals surface area (Å²) in [5, 5.41) is 6.13. The van der Waals surface area contributed by atoms with Crippen LogP contribution in [0.25, 0.3) is 0 Å². The van der Waals surface area contributed by atoms with E-state index in [9.17, 15) is 26.4 Å². The summed E-state index contributed by atoms with van der Waals surface area (Å²) in [6, 6.07) is 21.9. The number of rotatable bonds is 5. The molecule has 7 rings (SSSR count). The fraction of sp³-hybridized carbons (Fsp3) is 0.474. The zero-order valence-electron chi connectivity index (χ0n) is 30.6. The monoisotopic (exact) mass is 755 g/mol. The first kappa shape index (κ1) is 40.6. The maximum atomic E-state index is 12.0. The largest absolute Gasteiger partial charge is 0.462 e. The van der Waals surface area contributed by atoms with Gasteiger partial charge in [0.05, 0.1) is 36.1 Å². The number of sulfonamides is 2. The number of benzene rings is 3. The van der Waals surface area contributed by atoms with Gasteiger partial charge >= 0.3 is 12.0 Å². The van der Waals surface area contributed by atoms with Crippen LogP contribution in [0.1, 0.15) is 66.9 Å². The average molecular weight is 756 g/mol. The maximum Gasteiger partial charge on any atom is 0.338 e. The molecule has 284 valence electrons. The fourth-order valence-electron chi connectivity index (χ4n) is 6.31. The van der Waals surface area contributed by atoms with E-state index in [4.69, 9.17) is 4.74 Å². The van der Waals surface area contributed by atoms with Crippen LogP contribution in [0.2, 0.25) is 0 Å². The molecular formula is C38H53N5O7S2. The highest BCUT2D eigenvalue weighted by Gasteiger charge is 2.26. The molecule has 4 aliphatic rings. The number of nitrogens with zero attached hydrogens (tertiary/aromatic N) is 3. The lowest BCUT2D eigenvalue weighted by molar-refractivity contribution is 0.0526. The molecule has 4 aliphatic heterocycles. The maximum absolute atomic E-state index is 12.0. The summed E-state index contributed by atoms with van der Waals surface area (Å²) in [6.45, 7) is 7.41. The van der Waals surface area contributed by atoms with Gasteiger partial charge in [-0.2, -0.15) is 0 Å². The quantitative estimate of drug-likeness (QED) is 0.318. The number of esters is 1.